The molecule has 0 saturated carbocycles. The Morgan fingerprint density at radius 2 is 1.50 bits per heavy atom. The van der Waals surface area contributed by atoms with Crippen molar-refractivity contribution in [3.63, 3.8) is 0 Å². The summed E-state index contributed by atoms with van der Waals surface area (Å²) in [5, 5.41) is 0. The molecule has 0 bridgehead atoms. The number of hydrogen-bond donors (Lipinski definition) is 0. The van der Waals surface area contributed by atoms with Crippen molar-refractivity contribution in [2.75, 3.05) is 0 Å². The van der Waals surface area contributed by atoms with E-state index >= 15 is 0 Å². The van der Waals surface area contributed by atoms with E-state index in [1.54, 1.807) is 6.20 Å². The van der Waals surface area contributed by atoms with Gasteiger partial charge in [0.25, 0.3) is 0 Å². The normalized spacial score (nSPS) is 7.17. The molecule has 0 N–H and O–H groups in total. The van der Waals surface area contributed by atoms with Gasteiger partial charge in [-0.25, -0.2) is 9.97 Å². The molecule has 0 saturated heterocycles. The number of aromatic nitrogens is 2. The van der Waals surface area contributed by atoms with Crippen molar-refractivity contribution in [2.24, 2.45) is 0 Å². The fourth-order valence-corrected chi connectivity index (χ4v) is 0.574. The molecule has 1 heterocycles. The van der Waals surface area contributed by atoms with Crippen LogP contribution < -0.4 is 0 Å². The van der Waals surface area contributed by atoms with Gasteiger partial charge >= 0.3 is 0 Å². The molecule has 0 atom stereocenters. The average molecular weight is 168 g/mol. The van der Waals surface area contributed by atoms with Crippen LogP contribution in [-0.2, 0) is 0 Å². The first-order valence-electron chi connectivity index (χ1n) is 4.55. The van der Waals surface area contributed by atoms with Crippen molar-refractivity contribution < 1.29 is 0 Å². The quantitative estimate of drug-likeness (QED) is 0.594. The summed E-state index contributed by atoms with van der Waals surface area (Å²) in [7, 11) is 0. The standard InChI is InChI=1S/C6H8N2.2C2H6/c1-5-3-4-7-6(2)8-5;2*1-2/h3-4H,1-2H3;2*1-2H3. The largest absolute Gasteiger partial charge is 0.242 e. The summed E-state index contributed by atoms with van der Waals surface area (Å²) in [4.78, 5) is 7.99. The van der Waals surface area contributed by atoms with E-state index in [0.29, 0.717) is 0 Å². The highest BCUT2D eigenvalue weighted by Gasteiger charge is 1.83. The summed E-state index contributed by atoms with van der Waals surface area (Å²) in [6.45, 7) is 11.8. The van der Waals surface area contributed by atoms with Gasteiger partial charge in [0.15, 0.2) is 0 Å². The van der Waals surface area contributed by atoms with Crippen LogP contribution in [0, 0.1) is 13.8 Å². The van der Waals surface area contributed by atoms with Gasteiger partial charge in [-0.15, -0.1) is 0 Å². The smallest absolute Gasteiger partial charge is 0.125 e. The van der Waals surface area contributed by atoms with Crippen LogP contribution in [0.5, 0.6) is 0 Å². The van der Waals surface area contributed by atoms with Crippen LogP contribution in [0.25, 0.3) is 0 Å². The van der Waals surface area contributed by atoms with Crippen LogP contribution in [0.1, 0.15) is 39.2 Å². The summed E-state index contributed by atoms with van der Waals surface area (Å²) in [6.07, 6.45) is 1.76. The predicted molar refractivity (Wildman–Crippen MR) is 54.2 cm³/mol. The lowest BCUT2D eigenvalue weighted by molar-refractivity contribution is 1.01. The zero-order valence-electron chi connectivity index (χ0n) is 9.05. The lowest BCUT2D eigenvalue weighted by Crippen LogP contribution is -1.86. The molecule has 0 aliphatic heterocycles. The van der Waals surface area contributed by atoms with Gasteiger partial charge in [-0.05, 0) is 19.9 Å². The Kier molecular flexibility index (Phi) is 11.5. The van der Waals surface area contributed by atoms with Crippen LogP contribution in [0.2, 0.25) is 0 Å². The molecule has 0 aliphatic carbocycles. The molecule has 2 nitrogen and oxygen atoms in total. The molecule has 1 rings (SSSR count). The van der Waals surface area contributed by atoms with Gasteiger partial charge in [0.2, 0.25) is 0 Å². The second kappa shape index (κ2) is 10.1. The minimum Gasteiger partial charge on any atom is -0.242 e. The van der Waals surface area contributed by atoms with Crippen molar-refractivity contribution in [3.05, 3.63) is 23.8 Å². The fraction of sp³-hybridized carbons (Fsp3) is 0.600. The molecule has 0 radical (unpaired) electrons. The first-order chi connectivity index (χ1) is 5.79. The third-order valence-corrected chi connectivity index (χ3v) is 0.915. The van der Waals surface area contributed by atoms with E-state index in [4.69, 9.17) is 0 Å². The van der Waals surface area contributed by atoms with Crippen LogP contribution in [0.3, 0.4) is 0 Å². The maximum absolute atomic E-state index is 4.06. The molecule has 1 aromatic heterocycles. The number of nitrogens with zero attached hydrogens (tertiary/aromatic N) is 2. The highest BCUT2D eigenvalue weighted by molar-refractivity contribution is 4.97. The van der Waals surface area contributed by atoms with Gasteiger partial charge < -0.3 is 0 Å². The second-order valence-corrected chi connectivity index (χ2v) is 1.75. The molecule has 0 amide bonds. The van der Waals surface area contributed by atoms with E-state index in [2.05, 4.69) is 9.97 Å². The van der Waals surface area contributed by atoms with Gasteiger partial charge in [0.1, 0.15) is 5.82 Å². The number of rotatable bonds is 0. The average Bonchev–Trinajstić information content (AvgIpc) is 2.11. The zero-order chi connectivity index (χ0) is 9.98. The van der Waals surface area contributed by atoms with Crippen LogP contribution in [0.4, 0.5) is 0 Å². The molecular formula is C10H20N2. The van der Waals surface area contributed by atoms with Gasteiger partial charge in [0.05, 0.1) is 0 Å². The fourth-order valence-electron chi connectivity index (χ4n) is 0.574. The summed E-state index contributed by atoms with van der Waals surface area (Å²) in [5.74, 6) is 0.838. The van der Waals surface area contributed by atoms with Crippen LogP contribution in [-0.4, -0.2) is 9.97 Å². The number of hydrogen-bond acceptors (Lipinski definition) is 2. The van der Waals surface area contributed by atoms with Gasteiger partial charge in [-0.3, -0.25) is 0 Å². The third kappa shape index (κ3) is 7.19. The Balaban J connectivity index is 0. The molecular weight excluding hydrogens is 148 g/mol. The molecule has 12 heavy (non-hydrogen) atoms. The SMILES string of the molecule is CC.CC.Cc1ccnc(C)n1. The Bertz CT molecular complexity index is 168. The van der Waals surface area contributed by atoms with E-state index in [0.717, 1.165) is 11.5 Å². The Morgan fingerprint density at radius 1 is 1.00 bits per heavy atom. The van der Waals surface area contributed by atoms with Gasteiger partial charge in [-0.1, -0.05) is 27.7 Å². The van der Waals surface area contributed by atoms with Crippen molar-refractivity contribution >= 4 is 0 Å². The zero-order valence-corrected chi connectivity index (χ0v) is 9.05. The third-order valence-electron chi connectivity index (χ3n) is 0.915. The monoisotopic (exact) mass is 168 g/mol. The molecule has 0 aromatic carbocycles. The van der Waals surface area contributed by atoms with E-state index in [1.165, 1.54) is 0 Å². The van der Waals surface area contributed by atoms with Crippen LogP contribution in [0.15, 0.2) is 12.3 Å². The Morgan fingerprint density at radius 3 is 1.75 bits per heavy atom. The first kappa shape index (κ1) is 13.7. The van der Waals surface area contributed by atoms with Gasteiger partial charge in [-0.2, -0.15) is 0 Å². The summed E-state index contributed by atoms with van der Waals surface area (Å²) in [6, 6.07) is 1.88. The molecule has 0 fully saturated rings. The van der Waals surface area contributed by atoms with Crippen molar-refractivity contribution in [1.82, 2.24) is 9.97 Å². The molecule has 1 aromatic rings. The molecule has 0 aliphatic rings. The maximum atomic E-state index is 4.06. The summed E-state index contributed by atoms with van der Waals surface area (Å²) < 4.78 is 0. The van der Waals surface area contributed by atoms with E-state index in [-0.39, 0.29) is 0 Å². The van der Waals surface area contributed by atoms with Crippen molar-refractivity contribution in [1.29, 1.82) is 0 Å². The molecule has 0 spiro atoms. The van der Waals surface area contributed by atoms with E-state index < -0.39 is 0 Å². The van der Waals surface area contributed by atoms with E-state index in [9.17, 15) is 0 Å². The van der Waals surface area contributed by atoms with Crippen molar-refractivity contribution in [3.8, 4) is 0 Å². The Labute approximate surface area is 76.1 Å². The summed E-state index contributed by atoms with van der Waals surface area (Å²) >= 11 is 0. The lowest BCUT2D eigenvalue weighted by Gasteiger charge is -1.89. The molecule has 0 unspecified atom stereocenters. The first-order valence-corrected chi connectivity index (χ1v) is 4.55. The maximum Gasteiger partial charge on any atom is 0.125 e. The highest BCUT2D eigenvalue weighted by atomic mass is 14.9. The van der Waals surface area contributed by atoms with Crippen LogP contribution >= 0.6 is 0 Å². The topological polar surface area (TPSA) is 25.8 Å². The summed E-state index contributed by atoms with van der Waals surface area (Å²) in [5.41, 5.74) is 1.03. The van der Waals surface area contributed by atoms with Crippen molar-refractivity contribution in [2.45, 2.75) is 41.5 Å². The highest BCUT2D eigenvalue weighted by Crippen LogP contribution is 1.88. The predicted octanol–water partition coefficient (Wildman–Crippen LogP) is 3.15. The number of aryl methyl sites for hydroxylation is 2. The van der Waals surface area contributed by atoms with E-state index in [1.807, 2.05) is 47.6 Å². The Hall–Kier alpha value is -0.920. The minimum absolute atomic E-state index is 0.838. The second-order valence-electron chi connectivity index (χ2n) is 1.75. The van der Waals surface area contributed by atoms with Gasteiger partial charge in [0, 0.05) is 11.9 Å². The minimum atomic E-state index is 0.838. The molecule has 70 valence electrons. The molecule has 2 heteroatoms. The lowest BCUT2D eigenvalue weighted by atomic mass is 10.4.